The van der Waals surface area contributed by atoms with E-state index in [9.17, 15) is 14.3 Å². The predicted molar refractivity (Wildman–Crippen MR) is 219 cm³/mol. The molecule has 1 heterocycles. The van der Waals surface area contributed by atoms with Crippen molar-refractivity contribution in [2.24, 2.45) is 5.73 Å². The van der Waals surface area contributed by atoms with Crippen molar-refractivity contribution in [1.29, 1.82) is 0 Å². The van der Waals surface area contributed by atoms with Gasteiger partial charge in [0, 0.05) is 13.0 Å². The number of hydrogen-bond acceptors (Lipinski definition) is 8. The third kappa shape index (κ3) is 33.3. The summed E-state index contributed by atoms with van der Waals surface area (Å²) in [7, 11) is -4.31. The SMILES string of the molecule is CCCCC/C=C\C/C=C\CC1OC1C/C=C\CCCC(=O)O[C@H](CO/C=C/CCCCCCCCCCCCCCCC)COP(=O)(O)OCCN. The average Bonchev–Trinajstić information content (AvgIpc) is 3.90. The summed E-state index contributed by atoms with van der Waals surface area (Å²) in [5.74, 6) is -0.411. The van der Waals surface area contributed by atoms with Gasteiger partial charge in [0.15, 0.2) is 6.10 Å². The topological polar surface area (TPSA) is 130 Å². The number of nitrogens with two attached hydrogens (primary N) is 1. The lowest BCUT2D eigenvalue weighted by Gasteiger charge is -2.19. The molecule has 308 valence electrons. The van der Waals surface area contributed by atoms with Gasteiger partial charge in [0.1, 0.15) is 6.61 Å². The molecule has 0 aliphatic carbocycles. The van der Waals surface area contributed by atoms with Crippen LogP contribution in [0.4, 0.5) is 0 Å². The van der Waals surface area contributed by atoms with Gasteiger partial charge < -0.3 is 24.8 Å². The molecule has 0 aromatic heterocycles. The summed E-state index contributed by atoms with van der Waals surface area (Å²) >= 11 is 0. The van der Waals surface area contributed by atoms with Crippen LogP contribution in [0, 0.1) is 0 Å². The van der Waals surface area contributed by atoms with Crippen LogP contribution in [0.3, 0.4) is 0 Å². The Bertz CT molecular complexity index is 1020. The summed E-state index contributed by atoms with van der Waals surface area (Å²) < 4.78 is 38.9. The van der Waals surface area contributed by atoms with Crippen molar-refractivity contribution >= 4 is 13.8 Å². The number of unbranched alkanes of at least 4 members (excludes halogenated alkanes) is 18. The van der Waals surface area contributed by atoms with E-state index >= 15 is 0 Å². The molecule has 10 heteroatoms. The van der Waals surface area contributed by atoms with E-state index in [1.54, 1.807) is 6.26 Å². The molecule has 53 heavy (non-hydrogen) atoms. The fourth-order valence-corrected chi connectivity index (χ4v) is 6.70. The molecule has 0 radical (unpaired) electrons. The number of phosphoric acid groups is 1. The van der Waals surface area contributed by atoms with Gasteiger partial charge in [-0.1, -0.05) is 147 Å². The quantitative estimate of drug-likeness (QED) is 0.0157. The molecule has 1 saturated heterocycles. The Hall–Kier alpha value is -1.74. The lowest BCUT2D eigenvalue weighted by Crippen LogP contribution is -2.27. The molecule has 0 amide bonds. The third-order valence-electron chi connectivity index (χ3n) is 9.22. The standard InChI is InChI=1S/C43H78NO8P/c1-3-5-7-9-11-13-14-15-16-17-18-19-21-23-27-31-36-48-38-40(39-50-53(46,47)49-37-35-44)51-43(45)34-30-26-25-29-33-42-41(52-42)32-28-24-22-20-12-10-8-6-4-2/h12,20,24-25,28-29,31,36,40-42H,3-11,13-19,21-23,26-27,30,32-35,37-39,44H2,1-2H3,(H,46,47)/b20-12-,28-24-,29-25-,36-31+/t40-,41?,42?/m1/s1. The summed E-state index contributed by atoms with van der Waals surface area (Å²) in [6.45, 7) is 4.13. The monoisotopic (exact) mass is 768 g/mol. The smallest absolute Gasteiger partial charge is 0.472 e. The molecule has 1 rings (SSSR count). The molecule has 0 saturated carbocycles. The Kier molecular flexibility index (Phi) is 33.4. The molecule has 1 aliphatic rings. The molecule has 3 unspecified atom stereocenters. The molecular weight excluding hydrogens is 689 g/mol. The number of rotatable bonds is 39. The Morgan fingerprint density at radius 2 is 1.19 bits per heavy atom. The largest absolute Gasteiger partial charge is 0.498 e. The van der Waals surface area contributed by atoms with E-state index in [0.717, 1.165) is 38.5 Å². The van der Waals surface area contributed by atoms with Crippen LogP contribution < -0.4 is 5.73 Å². The summed E-state index contributed by atoms with van der Waals surface area (Å²) in [4.78, 5) is 22.5. The van der Waals surface area contributed by atoms with Gasteiger partial charge in [0.05, 0.1) is 31.7 Å². The zero-order chi connectivity index (χ0) is 38.5. The molecule has 9 nitrogen and oxygen atoms in total. The Morgan fingerprint density at radius 3 is 1.83 bits per heavy atom. The van der Waals surface area contributed by atoms with Crippen molar-refractivity contribution in [3.05, 3.63) is 48.8 Å². The summed E-state index contributed by atoms with van der Waals surface area (Å²) in [5, 5.41) is 0. The van der Waals surface area contributed by atoms with E-state index in [2.05, 4.69) is 50.3 Å². The van der Waals surface area contributed by atoms with E-state index < -0.39 is 19.9 Å². The van der Waals surface area contributed by atoms with Crippen molar-refractivity contribution in [3.63, 3.8) is 0 Å². The maximum Gasteiger partial charge on any atom is 0.472 e. The van der Waals surface area contributed by atoms with Crippen molar-refractivity contribution in [2.75, 3.05) is 26.4 Å². The summed E-state index contributed by atoms with van der Waals surface area (Å²) in [6.07, 6.45) is 45.3. The Labute approximate surface area is 324 Å². The molecule has 1 fully saturated rings. The maximum absolute atomic E-state index is 12.6. The van der Waals surface area contributed by atoms with E-state index in [1.807, 2.05) is 6.08 Å². The highest BCUT2D eigenvalue weighted by atomic mass is 31.2. The van der Waals surface area contributed by atoms with Crippen LogP contribution in [-0.2, 0) is 32.6 Å². The second-order valence-corrected chi connectivity index (χ2v) is 15.8. The van der Waals surface area contributed by atoms with Gasteiger partial charge in [-0.25, -0.2) is 4.57 Å². The maximum atomic E-state index is 12.6. The predicted octanol–water partition coefficient (Wildman–Crippen LogP) is 11.7. The minimum atomic E-state index is -4.31. The normalized spacial score (nSPS) is 17.7. The van der Waals surface area contributed by atoms with Crippen LogP contribution in [-0.4, -0.2) is 55.5 Å². The van der Waals surface area contributed by atoms with Crippen LogP contribution in [0.2, 0.25) is 0 Å². The van der Waals surface area contributed by atoms with Crippen LogP contribution in [0.1, 0.15) is 174 Å². The number of epoxide rings is 1. The Balaban J connectivity index is 2.21. The van der Waals surface area contributed by atoms with Crippen LogP contribution in [0.25, 0.3) is 0 Å². The zero-order valence-corrected chi connectivity index (χ0v) is 34.6. The van der Waals surface area contributed by atoms with Gasteiger partial charge in [-0.3, -0.25) is 13.8 Å². The minimum Gasteiger partial charge on any atom is -0.498 e. The lowest BCUT2D eigenvalue weighted by atomic mass is 10.0. The highest BCUT2D eigenvalue weighted by molar-refractivity contribution is 7.47. The second kappa shape index (κ2) is 35.9. The number of ether oxygens (including phenoxy) is 3. The molecular formula is C43H78NO8P. The highest BCUT2D eigenvalue weighted by Crippen LogP contribution is 2.43. The molecule has 3 N–H and O–H groups in total. The molecule has 0 aromatic rings. The van der Waals surface area contributed by atoms with Gasteiger partial charge in [0.25, 0.3) is 0 Å². The number of phosphoric ester groups is 1. The van der Waals surface area contributed by atoms with Gasteiger partial charge in [0.2, 0.25) is 0 Å². The van der Waals surface area contributed by atoms with Crippen molar-refractivity contribution in [2.45, 2.75) is 193 Å². The number of carbonyl (C=O) groups excluding carboxylic acids is 1. The van der Waals surface area contributed by atoms with E-state index in [1.165, 1.54) is 109 Å². The second-order valence-electron chi connectivity index (χ2n) is 14.3. The van der Waals surface area contributed by atoms with E-state index in [0.29, 0.717) is 12.5 Å². The molecule has 0 bridgehead atoms. The lowest BCUT2D eigenvalue weighted by molar-refractivity contribution is -0.153. The summed E-state index contributed by atoms with van der Waals surface area (Å²) in [6, 6.07) is 0. The van der Waals surface area contributed by atoms with Gasteiger partial charge in [-0.15, -0.1) is 0 Å². The average molecular weight is 768 g/mol. The number of hydrogen-bond donors (Lipinski definition) is 2. The first-order valence-corrected chi connectivity index (χ1v) is 22.8. The van der Waals surface area contributed by atoms with Gasteiger partial charge in [-0.05, 0) is 63.9 Å². The summed E-state index contributed by atoms with van der Waals surface area (Å²) in [5.41, 5.74) is 5.36. The van der Waals surface area contributed by atoms with Crippen molar-refractivity contribution < 1.29 is 37.5 Å². The molecule has 0 spiro atoms. The van der Waals surface area contributed by atoms with Crippen molar-refractivity contribution in [3.8, 4) is 0 Å². The van der Waals surface area contributed by atoms with Gasteiger partial charge in [-0.2, -0.15) is 0 Å². The fraction of sp³-hybridized carbons (Fsp3) is 0.791. The fourth-order valence-electron chi connectivity index (χ4n) is 5.94. The van der Waals surface area contributed by atoms with Crippen LogP contribution in [0.15, 0.2) is 48.8 Å². The number of esters is 1. The Morgan fingerprint density at radius 1 is 0.679 bits per heavy atom. The zero-order valence-electron chi connectivity index (χ0n) is 33.7. The van der Waals surface area contributed by atoms with E-state index in [4.69, 9.17) is 29.0 Å². The highest BCUT2D eigenvalue weighted by Gasteiger charge is 2.36. The third-order valence-corrected chi connectivity index (χ3v) is 10.2. The number of allylic oxidation sites excluding steroid dienone is 5. The van der Waals surface area contributed by atoms with Crippen LogP contribution >= 0.6 is 7.82 Å². The first-order chi connectivity index (χ1) is 25.9. The van der Waals surface area contributed by atoms with E-state index in [-0.39, 0.29) is 38.9 Å². The van der Waals surface area contributed by atoms with Gasteiger partial charge >= 0.3 is 13.8 Å². The van der Waals surface area contributed by atoms with Crippen molar-refractivity contribution in [1.82, 2.24) is 0 Å². The first kappa shape index (κ1) is 49.3. The molecule has 0 aromatic carbocycles. The molecule has 4 atom stereocenters. The van der Waals surface area contributed by atoms with Crippen LogP contribution in [0.5, 0.6) is 0 Å². The minimum absolute atomic E-state index is 0.00522. The number of carbonyl (C=O) groups is 1. The molecule has 1 aliphatic heterocycles. The first-order valence-electron chi connectivity index (χ1n) is 21.3.